The van der Waals surface area contributed by atoms with Crippen molar-refractivity contribution in [3.8, 4) is 11.8 Å². The fourth-order valence-electron chi connectivity index (χ4n) is 0.954. The number of thioether (sulfide) groups is 1. The van der Waals surface area contributed by atoms with Crippen molar-refractivity contribution in [3.05, 3.63) is 11.1 Å². The first-order valence-electron chi connectivity index (χ1n) is 5.40. The molecule has 0 aliphatic heterocycles. The van der Waals surface area contributed by atoms with E-state index in [0.29, 0.717) is 10.9 Å². The van der Waals surface area contributed by atoms with Gasteiger partial charge in [0.15, 0.2) is 5.13 Å². The Labute approximate surface area is 115 Å². The monoisotopic (exact) mass is 284 g/mol. The van der Waals surface area contributed by atoms with E-state index < -0.39 is 0 Å². The Morgan fingerprint density at radius 3 is 2.94 bits per heavy atom. The maximum Gasteiger partial charge on any atom is 0.236 e. The van der Waals surface area contributed by atoms with E-state index in [4.69, 9.17) is 5.11 Å². The predicted molar refractivity (Wildman–Crippen MR) is 76.9 cm³/mol. The Kier molecular flexibility index (Phi) is 5.66. The number of nitrogens with zero attached hydrogens (tertiary/aromatic N) is 1. The summed E-state index contributed by atoms with van der Waals surface area (Å²) >= 11 is 2.88. The summed E-state index contributed by atoms with van der Waals surface area (Å²) in [6.07, 6.45) is 1.58. The number of hydrogen-bond donors (Lipinski definition) is 2. The van der Waals surface area contributed by atoms with E-state index in [1.165, 1.54) is 11.3 Å². The van der Waals surface area contributed by atoms with Gasteiger partial charge < -0.3 is 10.4 Å². The lowest BCUT2D eigenvalue weighted by Crippen LogP contribution is -2.18. The molecule has 18 heavy (non-hydrogen) atoms. The number of aromatic nitrogens is 1. The van der Waals surface area contributed by atoms with E-state index in [0.717, 1.165) is 4.88 Å². The third-order valence-corrected chi connectivity index (χ3v) is 3.78. The zero-order chi connectivity index (χ0) is 13.6. The first-order chi connectivity index (χ1) is 8.40. The van der Waals surface area contributed by atoms with Crippen molar-refractivity contribution in [3.63, 3.8) is 0 Å². The summed E-state index contributed by atoms with van der Waals surface area (Å²) in [4.78, 5) is 16.4. The lowest BCUT2D eigenvalue weighted by atomic mass is 10.3. The van der Waals surface area contributed by atoms with Gasteiger partial charge in [0, 0.05) is 4.75 Å². The molecular formula is C12H16N2O2S2. The quantitative estimate of drug-likeness (QED) is 0.833. The van der Waals surface area contributed by atoms with Crippen LogP contribution in [0.3, 0.4) is 0 Å². The van der Waals surface area contributed by atoms with Gasteiger partial charge in [0.05, 0.1) is 16.8 Å². The minimum Gasteiger partial charge on any atom is -0.384 e. The molecule has 0 radical (unpaired) electrons. The van der Waals surface area contributed by atoms with Crippen LogP contribution in [0.5, 0.6) is 0 Å². The molecule has 0 atom stereocenters. The number of thiazole rings is 1. The number of aliphatic hydroxyl groups excluding tert-OH is 1. The largest absolute Gasteiger partial charge is 0.384 e. The average Bonchev–Trinajstić information content (AvgIpc) is 2.70. The third kappa shape index (κ3) is 6.05. The van der Waals surface area contributed by atoms with E-state index in [1.54, 1.807) is 18.0 Å². The number of carbonyl (C=O) groups is 1. The van der Waals surface area contributed by atoms with Crippen LogP contribution in [0.1, 0.15) is 25.6 Å². The molecule has 1 aromatic rings. The highest BCUT2D eigenvalue weighted by atomic mass is 32.2. The Morgan fingerprint density at radius 1 is 1.61 bits per heavy atom. The van der Waals surface area contributed by atoms with Gasteiger partial charge in [0.25, 0.3) is 0 Å². The maximum atomic E-state index is 11.6. The molecular weight excluding hydrogens is 268 g/mol. The van der Waals surface area contributed by atoms with Gasteiger partial charge in [-0.2, -0.15) is 0 Å². The summed E-state index contributed by atoms with van der Waals surface area (Å²) in [7, 11) is 0. The fourth-order valence-corrected chi connectivity index (χ4v) is 2.30. The highest BCUT2D eigenvalue weighted by Gasteiger charge is 2.14. The molecule has 0 saturated heterocycles. The highest BCUT2D eigenvalue weighted by Crippen LogP contribution is 2.23. The third-order valence-electron chi connectivity index (χ3n) is 1.68. The predicted octanol–water partition coefficient (Wildman–Crippen LogP) is 1.96. The minimum atomic E-state index is -0.179. The van der Waals surface area contributed by atoms with Gasteiger partial charge in [-0.05, 0) is 0 Å². The number of anilines is 1. The minimum absolute atomic E-state index is 0.0639. The summed E-state index contributed by atoms with van der Waals surface area (Å²) < 4.78 is 0.0674. The fraction of sp³-hybridized carbons (Fsp3) is 0.500. The number of rotatable bonds is 3. The van der Waals surface area contributed by atoms with E-state index in [2.05, 4.69) is 42.9 Å². The molecule has 0 bridgehead atoms. The topological polar surface area (TPSA) is 62.2 Å². The van der Waals surface area contributed by atoms with Crippen LogP contribution in [0.2, 0.25) is 0 Å². The van der Waals surface area contributed by atoms with Crippen molar-refractivity contribution in [2.75, 3.05) is 17.7 Å². The van der Waals surface area contributed by atoms with Crippen molar-refractivity contribution < 1.29 is 9.90 Å². The molecule has 1 rings (SSSR count). The van der Waals surface area contributed by atoms with Crippen molar-refractivity contribution in [1.29, 1.82) is 0 Å². The first kappa shape index (κ1) is 15.0. The van der Waals surface area contributed by atoms with Crippen molar-refractivity contribution in [1.82, 2.24) is 4.98 Å². The molecule has 0 aliphatic carbocycles. The lowest BCUT2D eigenvalue weighted by molar-refractivity contribution is -0.113. The normalized spacial score (nSPS) is 10.7. The van der Waals surface area contributed by atoms with Crippen LogP contribution in [0.15, 0.2) is 6.20 Å². The summed E-state index contributed by atoms with van der Waals surface area (Å²) in [6.45, 7) is 6.02. The molecule has 98 valence electrons. The van der Waals surface area contributed by atoms with Gasteiger partial charge in [-0.1, -0.05) is 43.9 Å². The lowest BCUT2D eigenvalue weighted by Gasteiger charge is -2.16. The van der Waals surface area contributed by atoms with E-state index in [9.17, 15) is 4.79 Å². The average molecular weight is 284 g/mol. The molecule has 4 nitrogen and oxygen atoms in total. The van der Waals surface area contributed by atoms with Gasteiger partial charge in [0.2, 0.25) is 5.91 Å². The second-order valence-corrected chi connectivity index (χ2v) is 7.27. The second-order valence-electron chi connectivity index (χ2n) is 4.44. The SMILES string of the molecule is CC(C)(C)SCC(=O)Nc1ncc(C#CCO)s1. The molecule has 1 aromatic heterocycles. The van der Waals surface area contributed by atoms with Gasteiger partial charge in [-0.25, -0.2) is 4.98 Å². The Balaban J connectivity index is 2.47. The number of aliphatic hydroxyl groups is 1. The molecule has 0 spiro atoms. The van der Waals surface area contributed by atoms with Gasteiger partial charge in [0.1, 0.15) is 6.61 Å². The number of amides is 1. The Bertz CT molecular complexity index is 466. The van der Waals surface area contributed by atoms with E-state index >= 15 is 0 Å². The standard InChI is InChI=1S/C12H16N2O2S2/c1-12(2,3)17-8-10(16)14-11-13-7-9(18-11)5-4-6-15/h7,15H,6,8H2,1-3H3,(H,13,14,16). The summed E-state index contributed by atoms with van der Waals surface area (Å²) in [5.41, 5.74) is 0. The van der Waals surface area contributed by atoms with Gasteiger partial charge >= 0.3 is 0 Å². The molecule has 1 amide bonds. The Morgan fingerprint density at radius 2 is 2.33 bits per heavy atom. The van der Waals surface area contributed by atoms with Crippen molar-refractivity contribution >= 4 is 34.1 Å². The Hall–Kier alpha value is -1.03. The van der Waals surface area contributed by atoms with Crippen molar-refractivity contribution in [2.24, 2.45) is 0 Å². The zero-order valence-corrected chi connectivity index (χ0v) is 12.2. The summed E-state index contributed by atoms with van der Waals surface area (Å²) in [6, 6.07) is 0. The molecule has 0 saturated carbocycles. The highest BCUT2D eigenvalue weighted by molar-refractivity contribution is 8.01. The smallest absolute Gasteiger partial charge is 0.236 e. The molecule has 2 N–H and O–H groups in total. The van der Waals surface area contributed by atoms with Crippen LogP contribution in [0, 0.1) is 11.8 Å². The summed E-state index contributed by atoms with van der Waals surface area (Å²) in [5.74, 6) is 5.62. The van der Waals surface area contributed by atoms with Crippen LogP contribution in [-0.4, -0.2) is 33.1 Å². The molecule has 0 aromatic carbocycles. The number of hydrogen-bond acceptors (Lipinski definition) is 5. The van der Waals surface area contributed by atoms with Crippen LogP contribution < -0.4 is 5.32 Å². The molecule has 0 fully saturated rings. The number of carbonyl (C=O) groups excluding carboxylic acids is 1. The van der Waals surface area contributed by atoms with E-state index in [-0.39, 0.29) is 17.3 Å². The number of nitrogens with one attached hydrogen (secondary N) is 1. The summed E-state index contributed by atoms with van der Waals surface area (Å²) in [5, 5.41) is 11.8. The van der Waals surface area contributed by atoms with Crippen LogP contribution in [0.25, 0.3) is 0 Å². The van der Waals surface area contributed by atoms with Crippen LogP contribution in [0.4, 0.5) is 5.13 Å². The molecule has 1 heterocycles. The molecule has 6 heteroatoms. The molecule has 0 aliphatic rings. The van der Waals surface area contributed by atoms with Crippen molar-refractivity contribution in [2.45, 2.75) is 25.5 Å². The van der Waals surface area contributed by atoms with Crippen LogP contribution in [-0.2, 0) is 4.79 Å². The van der Waals surface area contributed by atoms with Crippen LogP contribution >= 0.6 is 23.1 Å². The van der Waals surface area contributed by atoms with Gasteiger partial charge in [-0.3, -0.25) is 4.79 Å². The van der Waals surface area contributed by atoms with E-state index in [1.807, 2.05) is 0 Å². The van der Waals surface area contributed by atoms with Gasteiger partial charge in [-0.15, -0.1) is 11.8 Å². The molecule has 0 unspecified atom stereocenters. The maximum absolute atomic E-state index is 11.6. The second kappa shape index (κ2) is 6.78. The first-order valence-corrected chi connectivity index (χ1v) is 7.20. The zero-order valence-electron chi connectivity index (χ0n) is 10.6.